The topological polar surface area (TPSA) is 75.3 Å². The van der Waals surface area contributed by atoms with Crippen LogP contribution in [0.4, 0.5) is 0 Å². The van der Waals surface area contributed by atoms with Gasteiger partial charge in [0.1, 0.15) is 0 Å². The van der Waals surface area contributed by atoms with E-state index in [4.69, 9.17) is 4.52 Å². The molecule has 0 saturated heterocycles. The average Bonchev–Trinajstić information content (AvgIpc) is 2.96. The molecule has 0 amide bonds. The summed E-state index contributed by atoms with van der Waals surface area (Å²) in [6.45, 7) is 13.3. The smallest absolute Gasteiger partial charge is 0.226 e. The van der Waals surface area contributed by atoms with Gasteiger partial charge in [-0.2, -0.15) is 4.98 Å². The lowest BCUT2D eigenvalue weighted by Crippen LogP contribution is -2.38. The molecule has 132 valence electrons. The van der Waals surface area contributed by atoms with Crippen LogP contribution in [0.15, 0.2) is 9.52 Å². The molecule has 0 aliphatic heterocycles. The maximum Gasteiger partial charge on any atom is 0.226 e. The van der Waals surface area contributed by atoms with Crippen LogP contribution in [0.3, 0.4) is 0 Å². The second kappa shape index (κ2) is 11.0. The Morgan fingerprint density at radius 3 is 2.57 bits per heavy atom. The van der Waals surface area contributed by atoms with Gasteiger partial charge in [-0.3, -0.25) is 4.99 Å². The third-order valence-corrected chi connectivity index (χ3v) is 3.41. The fourth-order valence-electron chi connectivity index (χ4n) is 2.08. The van der Waals surface area contributed by atoms with Crippen molar-refractivity contribution in [1.29, 1.82) is 0 Å². The van der Waals surface area contributed by atoms with E-state index in [-0.39, 0.29) is 0 Å². The molecule has 1 aromatic heterocycles. The Morgan fingerprint density at radius 2 is 1.96 bits per heavy atom. The van der Waals surface area contributed by atoms with E-state index in [1.807, 2.05) is 0 Å². The van der Waals surface area contributed by atoms with Gasteiger partial charge in [0.05, 0.1) is 0 Å². The lowest BCUT2D eigenvalue weighted by molar-refractivity contribution is 0.369. The van der Waals surface area contributed by atoms with Crippen molar-refractivity contribution in [1.82, 2.24) is 20.8 Å². The van der Waals surface area contributed by atoms with Gasteiger partial charge in [-0.25, -0.2) is 0 Å². The summed E-state index contributed by atoms with van der Waals surface area (Å²) in [5, 5.41) is 10.6. The van der Waals surface area contributed by atoms with Crippen LogP contribution < -0.4 is 10.6 Å². The molecule has 0 fully saturated rings. The van der Waals surface area contributed by atoms with Crippen LogP contribution in [-0.2, 0) is 6.42 Å². The molecular formula is C17H33N5O. The van der Waals surface area contributed by atoms with Gasteiger partial charge in [0.2, 0.25) is 5.89 Å². The highest BCUT2D eigenvalue weighted by molar-refractivity contribution is 5.79. The monoisotopic (exact) mass is 323 g/mol. The first-order chi connectivity index (χ1) is 11.0. The number of nitrogens with one attached hydrogen (secondary N) is 2. The first-order valence-electron chi connectivity index (χ1n) is 8.87. The summed E-state index contributed by atoms with van der Waals surface area (Å²) in [5.41, 5.74) is 0. The van der Waals surface area contributed by atoms with E-state index in [0.717, 1.165) is 50.2 Å². The molecule has 0 bridgehead atoms. The van der Waals surface area contributed by atoms with Gasteiger partial charge in [0.15, 0.2) is 11.8 Å². The Balaban J connectivity index is 2.29. The highest BCUT2D eigenvalue weighted by Gasteiger charge is 2.08. The van der Waals surface area contributed by atoms with Gasteiger partial charge in [-0.05, 0) is 32.1 Å². The van der Waals surface area contributed by atoms with Crippen LogP contribution in [-0.4, -0.2) is 35.7 Å². The van der Waals surface area contributed by atoms with E-state index in [0.29, 0.717) is 11.8 Å². The number of hydrogen-bond donors (Lipinski definition) is 2. The van der Waals surface area contributed by atoms with E-state index in [2.05, 4.69) is 60.4 Å². The normalized spacial score (nSPS) is 12.2. The van der Waals surface area contributed by atoms with Crippen molar-refractivity contribution < 1.29 is 4.52 Å². The van der Waals surface area contributed by atoms with E-state index in [1.54, 1.807) is 0 Å². The van der Waals surface area contributed by atoms with E-state index in [1.165, 1.54) is 12.8 Å². The van der Waals surface area contributed by atoms with Crippen LogP contribution in [0.2, 0.25) is 0 Å². The third-order valence-electron chi connectivity index (χ3n) is 3.41. The molecule has 0 unspecified atom stereocenters. The molecule has 2 N–H and O–H groups in total. The van der Waals surface area contributed by atoms with Crippen molar-refractivity contribution in [2.24, 2.45) is 10.9 Å². The molecule has 0 spiro atoms. The van der Waals surface area contributed by atoms with Gasteiger partial charge in [0, 0.05) is 32.0 Å². The summed E-state index contributed by atoms with van der Waals surface area (Å²) in [6, 6.07) is 0. The summed E-state index contributed by atoms with van der Waals surface area (Å²) in [6.07, 6.45) is 4.09. The highest BCUT2D eigenvalue weighted by Crippen LogP contribution is 2.10. The van der Waals surface area contributed by atoms with Crippen LogP contribution in [0, 0.1) is 5.92 Å². The molecule has 0 radical (unpaired) electrons. The second-order valence-corrected chi connectivity index (χ2v) is 6.53. The quantitative estimate of drug-likeness (QED) is 0.393. The van der Waals surface area contributed by atoms with Crippen LogP contribution in [0.5, 0.6) is 0 Å². The molecular weight excluding hydrogens is 290 g/mol. The predicted octanol–water partition coefficient (Wildman–Crippen LogP) is 3.12. The molecule has 1 heterocycles. The summed E-state index contributed by atoms with van der Waals surface area (Å²) in [7, 11) is 0. The lowest BCUT2D eigenvalue weighted by atomic mass is 10.1. The number of aliphatic imine (C=N–C) groups is 1. The van der Waals surface area contributed by atoms with Crippen molar-refractivity contribution in [3.8, 4) is 0 Å². The Labute approximate surface area is 140 Å². The summed E-state index contributed by atoms with van der Waals surface area (Å²) < 4.78 is 5.24. The van der Waals surface area contributed by atoms with Gasteiger partial charge in [-0.1, -0.05) is 32.9 Å². The van der Waals surface area contributed by atoms with Crippen LogP contribution >= 0.6 is 0 Å². The van der Waals surface area contributed by atoms with Crippen LogP contribution in [0.25, 0.3) is 0 Å². The minimum absolute atomic E-state index is 0.306. The molecule has 6 nitrogen and oxygen atoms in total. The molecule has 23 heavy (non-hydrogen) atoms. The minimum atomic E-state index is 0.306. The summed E-state index contributed by atoms with van der Waals surface area (Å²) >= 11 is 0. The standard InChI is InChI=1S/C17H33N5O/c1-6-18-17(19-11-7-9-13(2)3)20-12-8-10-15-21-16(14(4)5)22-23-15/h13-14H,6-12H2,1-5H3,(H2,18,19,20). The first kappa shape index (κ1) is 19.5. The Hall–Kier alpha value is -1.59. The van der Waals surface area contributed by atoms with Crippen molar-refractivity contribution in [3.63, 3.8) is 0 Å². The van der Waals surface area contributed by atoms with Gasteiger partial charge >= 0.3 is 0 Å². The number of aryl methyl sites for hydroxylation is 1. The van der Waals surface area contributed by atoms with E-state index >= 15 is 0 Å². The second-order valence-electron chi connectivity index (χ2n) is 6.53. The predicted molar refractivity (Wildman–Crippen MR) is 94.8 cm³/mol. The van der Waals surface area contributed by atoms with E-state index in [9.17, 15) is 0 Å². The summed E-state index contributed by atoms with van der Waals surface area (Å²) in [5.74, 6) is 3.44. The SMILES string of the molecule is CCNC(=NCCCc1nc(C(C)C)no1)NCCCC(C)C. The number of hydrogen-bond acceptors (Lipinski definition) is 4. The summed E-state index contributed by atoms with van der Waals surface area (Å²) in [4.78, 5) is 8.97. The Kier molecular flexibility index (Phi) is 9.33. The Morgan fingerprint density at radius 1 is 1.17 bits per heavy atom. The van der Waals surface area contributed by atoms with E-state index < -0.39 is 0 Å². The molecule has 0 atom stereocenters. The van der Waals surface area contributed by atoms with Gasteiger partial charge in [-0.15, -0.1) is 0 Å². The number of guanidine groups is 1. The van der Waals surface area contributed by atoms with Crippen LogP contribution in [0.1, 0.15) is 71.5 Å². The number of rotatable bonds is 10. The molecule has 0 aromatic carbocycles. The highest BCUT2D eigenvalue weighted by atomic mass is 16.5. The zero-order chi connectivity index (χ0) is 17.1. The van der Waals surface area contributed by atoms with Crippen molar-refractivity contribution in [2.75, 3.05) is 19.6 Å². The molecule has 0 saturated carbocycles. The third kappa shape index (κ3) is 8.57. The van der Waals surface area contributed by atoms with Gasteiger partial charge in [0.25, 0.3) is 0 Å². The first-order valence-corrected chi connectivity index (χ1v) is 8.87. The zero-order valence-corrected chi connectivity index (χ0v) is 15.4. The van der Waals surface area contributed by atoms with Crippen molar-refractivity contribution in [3.05, 3.63) is 11.7 Å². The van der Waals surface area contributed by atoms with Crippen molar-refractivity contribution in [2.45, 2.75) is 66.2 Å². The largest absolute Gasteiger partial charge is 0.357 e. The minimum Gasteiger partial charge on any atom is -0.357 e. The molecule has 0 aliphatic rings. The molecule has 1 aromatic rings. The maximum absolute atomic E-state index is 5.24. The fourth-order valence-corrected chi connectivity index (χ4v) is 2.08. The zero-order valence-electron chi connectivity index (χ0n) is 15.4. The molecule has 0 aliphatic carbocycles. The lowest BCUT2D eigenvalue weighted by Gasteiger charge is -2.11. The molecule has 1 rings (SSSR count). The number of aromatic nitrogens is 2. The van der Waals surface area contributed by atoms with Gasteiger partial charge < -0.3 is 15.2 Å². The van der Waals surface area contributed by atoms with Crippen molar-refractivity contribution >= 4 is 5.96 Å². The maximum atomic E-state index is 5.24. The number of nitrogens with zero attached hydrogens (tertiary/aromatic N) is 3. The fraction of sp³-hybridized carbons (Fsp3) is 0.824. The average molecular weight is 323 g/mol. The molecule has 6 heteroatoms. The Bertz CT molecular complexity index is 454.